The highest BCUT2D eigenvalue weighted by atomic mass is 35.5. The number of rotatable bonds is 13. The number of nitrogens with one attached hydrogen (secondary N) is 2. The number of anilines is 1. The lowest BCUT2D eigenvalue weighted by Crippen LogP contribution is -2.49. The van der Waals surface area contributed by atoms with Gasteiger partial charge in [0.25, 0.3) is 5.91 Å². The Morgan fingerprint density at radius 2 is 1.48 bits per heavy atom. The van der Waals surface area contributed by atoms with Crippen LogP contribution < -0.4 is 35.5 Å². The number of urea groups is 1. The van der Waals surface area contributed by atoms with Crippen LogP contribution in [-0.2, 0) is 19.9 Å². The summed E-state index contributed by atoms with van der Waals surface area (Å²) < 4.78 is 56.1. The Morgan fingerprint density at radius 3 is 2.11 bits per heavy atom. The van der Waals surface area contributed by atoms with Gasteiger partial charge in [0.2, 0.25) is 17.7 Å². The number of likely N-dealkylation sites (tertiary alicyclic amines) is 2. The van der Waals surface area contributed by atoms with Crippen molar-refractivity contribution >= 4 is 46.9 Å². The van der Waals surface area contributed by atoms with Gasteiger partial charge in [-0.15, -0.1) is 0 Å². The zero-order valence-corrected chi connectivity index (χ0v) is 40.8. The van der Waals surface area contributed by atoms with E-state index in [2.05, 4.69) is 10.6 Å². The van der Waals surface area contributed by atoms with E-state index in [4.69, 9.17) is 36.3 Å². The minimum Gasteiger partial charge on any atom is -0.495 e. The van der Waals surface area contributed by atoms with Gasteiger partial charge < -0.3 is 39.8 Å². The minimum atomic E-state index is -1.09. The molecule has 9 rings (SSSR count). The van der Waals surface area contributed by atoms with Crippen LogP contribution in [0.5, 0.6) is 17.2 Å². The molecule has 18 heteroatoms. The van der Waals surface area contributed by atoms with Crippen LogP contribution >= 0.6 is 11.6 Å². The van der Waals surface area contributed by atoms with Crippen molar-refractivity contribution in [2.75, 3.05) is 58.4 Å². The Balaban J connectivity index is 0.777. The molecular formula is C53H59ClF2N6O9. The molecule has 4 aromatic carbocycles. The molecule has 3 saturated heterocycles. The number of methoxy groups -OCH3 is 2. The Kier molecular flexibility index (Phi) is 14.6. The van der Waals surface area contributed by atoms with Gasteiger partial charge in [0.05, 0.1) is 42.7 Å². The molecule has 4 aromatic rings. The highest BCUT2D eigenvalue weighted by molar-refractivity contribution is 6.34. The highest BCUT2D eigenvalue weighted by Gasteiger charge is 2.50. The van der Waals surface area contributed by atoms with Crippen molar-refractivity contribution in [2.24, 2.45) is 11.7 Å². The van der Waals surface area contributed by atoms with Crippen LogP contribution in [0.3, 0.4) is 0 Å². The van der Waals surface area contributed by atoms with Crippen LogP contribution in [0.25, 0.3) is 11.1 Å². The zero-order chi connectivity index (χ0) is 50.1. The monoisotopic (exact) mass is 996 g/mol. The summed E-state index contributed by atoms with van der Waals surface area (Å²) in [6, 6.07) is 17.9. The molecule has 6 amide bonds. The molecule has 4 fully saturated rings. The van der Waals surface area contributed by atoms with Crippen molar-refractivity contribution in [1.82, 2.24) is 20.4 Å². The van der Waals surface area contributed by atoms with Crippen molar-refractivity contribution in [3.8, 4) is 28.4 Å². The maximum Gasteiger partial charge on any atom is 0.328 e. The number of primary amides is 1. The van der Waals surface area contributed by atoms with E-state index in [-0.39, 0.29) is 88.1 Å². The summed E-state index contributed by atoms with van der Waals surface area (Å²) in [5.74, 6) is -3.18. The first kappa shape index (κ1) is 49.7. The van der Waals surface area contributed by atoms with E-state index in [9.17, 15) is 24.0 Å². The van der Waals surface area contributed by atoms with Gasteiger partial charge >= 0.3 is 6.03 Å². The van der Waals surface area contributed by atoms with Crippen molar-refractivity contribution in [2.45, 2.75) is 94.5 Å². The van der Waals surface area contributed by atoms with Gasteiger partial charge in [-0.3, -0.25) is 29.4 Å². The first-order valence-corrected chi connectivity index (χ1v) is 24.8. The van der Waals surface area contributed by atoms with Gasteiger partial charge in [0, 0.05) is 91.9 Å². The number of piperidine rings is 2. The number of carbonyl (C=O) groups excluding carboxylic acids is 5. The Hall–Kier alpha value is -6.30. The fourth-order valence-corrected chi connectivity index (χ4v) is 11.4. The van der Waals surface area contributed by atoms with Gasteiger partial charge in [-0.2, -0.15) is 0 Å². The summed E-state index contributed by atoms with van der Waals surface area (Å²) in [6.07, 6.45) is 5.92. The smallest absolute Gasteiger partial charge is 0.328 e. The molecule has 2 atom stereocenters. The van der Waals surface area contributed by atoms with Crippen LogP contribution in [0.4, 0.5) is 19.3 Å². The zero-order valence-electron chi connectivity index (χ0n) is 40.1. The van der Waals surface area contributed by atoms with Crippen molar-refractivity contribution in [3.63, 3.8) is 0 Å². The van der Waals surface area contributed by atoms with Gasteiger partial charge in [-0.05, 0) is 87.3 Å². The summed E-state index contributed by atoms with van der Waals surface area (Å²) in [4.78, 5) is 69.7. The minimum absolute atomic E-state index is 0.00502. The van der Waals surface area contributed by atoms with Gasteiger partial charge in [0.15, 0.2) is 17.2 Å². The fraction of sp³-hybridized carbons (Fsp3) is 0.453. The maximum atomic E-state index is 16.2. The summed E-state index contributed by atoms with van der Waals surface area (Å²) in [6.45, 7) is 4.68. The fourth-order valence-electron chi connectivity index (χ4n) is 11.2. The van der Waals surface area contributed by atoms with Gasteiger partial charge in [-0.1, -0.05) is 48.9 Å². The number of imide groups is 1. The molecule has 1 aliphatic carbocycles. The number of hydrogen-bond donors (Lipinski definition) is 3. The number of amides is 6. The summed E-state index contributed by atoms with van der Waals surface area (Å²) in [7, 11) is 2.78. The predicted octanol–water partition coefficient (Wildman–Crippen LogP) is 7.70. The average molecular weight is 998 g/mol. The van der Waals surface area contributed by atoms with Gasteiger partial charge in [-0.25, -0.2) is 13.6 Å². The third-order valence-corrected chi connectivity index (χ3v) is 15.5. The van der Waals surface area contributed by atoms with E-state index < -0.39 is 35.1 Å². The van der Waals surface area contributed by atoms with E-state index in [0.717, 1.165) is 31.2 Å². The van der Waals surface area contributed by atoms with E-state index in [1.807, 2.05) is 42.2 Å². The lowest BCUT2D eigenvalue weighted by atomic mass is 9.77. The normalized spacial score (nSPS) is 23.0. The second-order valence-electron chi connectivity index (χ2n) is 19.1. The lowest BCUT2D eigenvalue weighted by molar-refractivity contribution is -0.140. The Bertz CT molecular complexity index is 2710. The number of fused-ring (bicyclic) bond motifs is 1. The predicted molar refractivity (Wildman–Crippen MR) is 261 cm³/mol. The van der Waals surface area contributed by atoms with Crippen LogP contribution in [-0.4, -0.2) is 111 Å². The second kappa shape index (κ2) is 20.8. The Labute approximate surface area is 416 Å². The first-order chi connectivity index (χ1) is 34.2. The number of nitrogens with two attached hydrogens (primary N) is 1. The molecule has 4 N–H and O–H groups in total. The van der Waals surface area contributed by atoms with E-state index in [1.165, 1.54) is 37.3 Å². The number of ether oxygens (including phenoxy) is 4. The largest absolute Gasteiger partial charge is 0.495 e. The average Bonchev–Trinajstić information content (AvgIpc) is 3.66. The SMILES string of the molecule is COc1ccc(C(=O)N2CCC(OC3CCN(C(=O)C4CCC(NC[C@]5(c6ccccc6)Oc6cc(F)c(Cl)c(-c7c(C(N)=O)ccc(OC)c7F)c6[C@@H]5C)CC4)CC3)CC2)cc1N1CCC(=O)NC1=O. The summed E-state index contributed by atoms with van der Waals surface area (Å²) in [5.41, 5.74) is 6.29. The standard InChI is InChI=1S/C53H59ClF2N6O9/c1-30-44-42(28-38(55)47(54)46(44)45-37(49(57)64)14-16-41(69-3)48(45)56)71-53(30,33-7-5-4-6-8-33)29-58-34-12-9-31(10-13-34)50(65)60-22-17-35(18-23-60)70-36-19-24-61(25-20-36)51(66)32-11-15-40(68-2)39(27-32)62-26-21-43(63)59-52(62)67/h4-8,11,14-16,27-28,30-31,34-36,58H,9-10,12-13,17-26,29H2,1-3H3,(H2,57,64)(H,59,63,67)/t30-,31?,34?,53-/m0/s1. The quantitative estimate of drug-likeness (QED) is 0.120. The first-order valence-electron chi connectivity index (χ1n) is 24.4. The van der Waals surface area contributed by atoms with Crippen LogP contribution in [0, 0.1) is 17.6 Å². The van der Waals surface area contributed by atoms with E-state index >= 15 is 8.78 Å². The van der Waals surface area contributed by atoms with E-state index in [0.29, 0.717) is 81.0 Å². The molecule has 1 saturated carbocycles. The molecule has 15 nitrogen and oxygen atoms in total. The number of carbonyl (C=O) groups is 5. The number of halogens is 3. The van der Waals surface area contributed by atoms with Gasteiger partial charge in [0.1, 0.15) is 17.3 Å². The number of nitrogens with zero attached hydrogens (tertiary/aromatic N) is 3. The summed E-state index contributed by atoms with van der Waals surface area (Å²) >= 11 is 6.69. The summed E-state index contributed by atoms with van der Waals surface area (Å²) in [5, 5.41) is 5.68. The Morgan fingerprint density at radius 1 is 0.831 bits per heavy atom. The maximum absolute atomic E-state index is 16.2. The van der Waals surface area contributed by atoms with Crippen molar-refractivity contribution < 1.29 is 51.7 Å². The number of benzene rings is 4. The van der Waals surface area contributed by atoms with Crippen LogP contribution in [0.2, 0.25) is 5.02 Å². The van der Waals surface area contributed by atoms with Crippen molar-refractivity contribution in [3.05, 3.63) is 106 Å². The molecule has 0 aromatic heterocycles. The number of hydrogen-bond acceptors (Lipinski definition) is 10. The molecule has 0 unspecified atom stereocenters. The molecule has 0 spiro atoms. The van der Waals surface area contributed by atoms with Crippen LogP contribution in [0.1, 0.15) is 102 Å². The molecule has 71 heavy (non-hydrogen) atoms. The molecule has 5 aliphatic rings. The highest BCUT2D eigenvalue weighted by Crippen LogP contribution is 2.56. The molecular weight excluding hydrogens is 938 g/mol. The third kappa shape index (κ3) is 9.75. The van der Waals surface area contributed by atoms with Crippen LogP contribution in [0.15, 0.2) is 66.7 Å². The lowest BCUT2D eigenvalue weighted by Gasteiger charge is -2.39. The second-order valence-corrected chi connectivity index (χ2v) is 19.5. The molecule has 4 heterocycles. The molecule has 4 aliphatic heterocycles. The molecule has 0 bridgehead atoms. The van der Waals surface area contributed by atoms with E-state index in [1.54, 1.807) is 23.1 Å². The third-order valence-electron chi connectivity index (χ3n) is 15.1. The molecule has 376 valence electrons. The topological polar surface area (TPSA) is 182 Å². The van der Waals surface area contributed by atoms with Crippen molar-refractivity contribution in [1.29, 1.82) is 0 Å². The molecule has 0 radical (unpaired) electrons.